The van der Waals surface area contributed by atoms with Gasteiger partial charge in [0.2, 0.25) is 5.75 Å². The predicted octanol–water partition coefficient (Wildman–Crippen LogP) is 3.13. The molecule has 0 saturated carbocycles. The lowest BCUT2D eigenvalue weighted by atomic mass is 9.87. The van der Waals surface area contributed by atoms with Gasteiger partial charge in [-0.15, -0.1) is 0 Å². The second kappa shape index (κ2) is 8.31. The van der Waals surface area contributed by atoms with E-state index in [1.165, 1.54) is 18.2 Å². The predicted molar refractivity (Wildman–Crippen MR) is 101 cm³/mol. The summed E-state index contributed by atoms with van der Waals surface area (Å²) < 4.78 is 5.39. The number of nitrogens with zero attached hydrogens (tertiary/aromatic N) is 2. The molecular weight excluding hydrogens is 350 g/mol. The van der Waals surface area contributed by atoms with Gasteiger partial charge in [0.1, 0.15) is 5.75 Å². The summed E-state index contributed by atoms with van der Waals surface area (Å²) in [7, 11) is 0. The molecular formula is C19H21N3O5. The fourth-order valence-electron chi connectivity index (χ4n) is 2.21. The lowest BCUT2D eigenvalue weighted by Crippen LogP contribution is -2.24. The average Bonchev–Trinajstić information content (AvgIpc) is 2.60. The highest BCUT2D eigenvalue weighted by Gasteiger charge is 2.15. The Morgan fingerprint density at radius 2 is 1.93 bits per heavy atom. The number of ether oxygens (including phenoxy) is 1. The summed E-state index contributed by atoms with van der Waals surface area (Å²) in [6, 6.07) is 11.5. The van der Waals surface area contributed by atoms with Crippen LogP contribution in [0.4, 0.5) is 5.69 Å². The summed E-state index contributed by atoms with van der Waals surface area (Å²) in [6.45, 7) is 6.07. The number of hydrazone groups is 1. The van der Waals surface area contributed by atoms with Gasteiger partial charge in [0, 0.05) is 11.6 Å². The molecule has 0 bridgehead atoms. The minimum atomic E-state index is -0.704. The third-order valence-corrected chi connectivity index (χ3v) is 3.73. The number of nitro groups is 1. The first-order valence-electron chi connectivity index (χ1n) is 8.20. The Hall–Kier alpha value is -3.42. The van der Waals surface area contributed by atoms with Crippen LogP contribution < -0.4 is 10.2 Å². The monoisotopic (exact) mass is 371 g/mol. The first kappa shape index (κ1) is 19.9. The molecule has 2 aromatic carbocycles. The van der Waals surface area contributed by atoms with Crippen molar-refractivity contribution in [2.45, 2.75) is 26.2 Å². The van der Waals surface area contributed by atoms with E-state index in [1.54, 1.807) is 12.1 Å². The van der Waals surface area contributed by atoms with Gasteiger partial charge in [0.05, 0.1) is 11.1 Å². The van der Waals surface area contributed by atoms with E-state index in [1.807, 2.05) is 12.1 Å². The van der Waals surface area contributed by atoms with Gasteiger partial charge in [-0.05, 0) is 29.2 Å². The lowest BCUT2D eigenvalue weighted by Gasteiger charge is -2.19. The van der Waals surface area contributed by atoms with Gasteiger partial charge < -0.3 is 9.84 Å². The summed E-state index contributed by atoms with van der Waals surface area (Å²) in [5.74, 6) is -0.467. The van der Waals surface area contributed by atoms with Crippen molar-refractivity contribution in [3.63, 3.8) is 0 Å². The van der Waals surface area contributed by atoms with Crippen LogP contribution >= 0.6 is 0 Å². The molecule has 0 aliphatic carbocycles. The molecule has 142 valence electrons. The second-order valence-electron chi connectivity index (χ2n) is 6.83. The van der Waals surface area contributed by atoms with Crippen LogP contribution in [0.5, 0.6) is 11.5 Å². The first-order valence-corrected chi connectivity index (χ1v) is 8.20. The summed E-state index contributed by atoms with van der Waals surface area (Å²) in [5.41, 5.74) is 3.10. The maximum absolute atomic E-state index is 11.8. The van der Waals surface area contributed by atoms with Crippen LogP contribution in [0, 0.1) is 10.1 Å². The Labute approximate surface area is 156 Å². The van der Waals surface area contributed by atoms with Crippen LogP contribution in [-0.2, 0) is 10.2 Å². The van der Waals surface area contributed by atoms with Gasteiger partial charge in [-0.2, -0.15) is 5.10 Å². The SMILES string of the molecule is CC(C)(C)c1ccc(OCC(=O)NN=Cc2cccc([N+](=O)[O-])c2O)cc1. The molecule has 2 rings (SSSR count). The molecule has 2 N–H and O–H groups in total. The minimum absolute atomic E-state index is 0.0304. The van der Waals surface area contributed by atoms with Crippen LogP contribution in [0.25, 0.3) is 0 Å². The molecule has 0 unspecified atom stereocenters. The molecule has 0 fully saturated rings. The zero-order chi connectivity index (χ0) is 20.0. The minimum Gasteiger partial charge on any atom is -0.502 e. The van der Waals surface area contributed by atoms with Crippen molar-refractivity contribution in [2.24, 2.45) is 5.10 Å². The van der Waals surface area contributed by atoms with Crippen molar-refractivity contribution in [1.82, 2.24) is 5.43 Å². The molecule has 8 nitrogen and oxygen atoms in total. The Kier molecular flexibility index (Phi) is 6.12. The van der Waals surface area contributed by atoms with Crippen molar-refractivity contribution >= 4 is 17.8 Å². The molecule has 27 heavy (non-hydrogen) atoms. The topological polar surface area (TPSA) is 114 Å². The van der Waals surface area contributed by atoms with E-state index >= 15 is 0 Å². The quantitative estimate of drug-likeness (QED) is 0.460. The molecule has 0 aliphatic rings. The van der Waals surface area contributed by atoms with Crippen LogP contribution in [-0.4, -0.2) is 28.8 Å². The van der Waals surface area contributed by atoms with Crippen molar-refractivity contribution < 1.29 is 19.6 Å². The van der Waals surface area contributed by atoms with E-state index in [2.05, 4.69) is 31.3 Å². The molecule has 0 aliphatic heterocycles. The molecule has 0 heterocycles. The van der Waals surface area contributed by atoms with E-state index in [9.17, 15) is 20.0 Å². The maximum Gasteiger partial charge on any atom is 0.311 e. The first-order chi connectivity index (χ1) is 12.7. The number of rotatable bonds is 6. The number of hydrogen-bond donors (Lipinski definition) is 2. The number of amides is 1. The van der Waals surface area contributed by atoms with Crippen molar-refractivity contribution in [2.75, 3.05) is 6.61 Å². The van der Waals surface area contributed by atoms with Gasteiger partial charge in [0.15, 0.2) is 6.61 Å². The van der Waals surface area contributed by atoms with Crippen LogP contribution in [0.2, 0.25) is 0 Å². The lowest BCUT2D eigenvalue weighted by molar-refractivity contribution is -0.385. The average molecular weight is 371 g/mol. The van der Waals surface area contributed by atoms with E-state index < -0.39 is 22.3 Å². The number of carbonyl (C=O) groups is 1. The van der Waals surface area contributed by atoms with E-state index in [0.29, 0.717) is 5.75 Å². The molecule has 1 amide bonds. The Morgan fingerprint density at radius 1 is 1.26 bits per heavy atom. The summed E-state index contributed by atoms with van der Waals surface area (Å²) in [4.78, 5) is 21.8. The van der Waals surface area contributed by atoms with Gasteiger partial charge in [-0.1, -0.05) is 39.0 Å². The van der Waals surface area contributed by atoms with Gasteiger partial charge in [0.25, 0.3) is 5.91 Å². The zero-order valence-corrected chi connectivity index (χ0v) is 15.3. The van der Waals surface area contributed by atoms with Gasteiger partial charge in [-0.3, -0.25) is 14.9 Å². The van der Waals surface area contributed by atoms with E-state index in [0.717, 1.165) is 11.8 Å². The normalized spacial score (nSPS) is 11.4. The number of nitrogens with one attached hydrogen (secondary N) is 1. The molecule has 0 saturated heterocycles. The number of hydrogen-bond acceptors (Lipinski definition) is 6. The Morgan fingerprint density at radius 3 is 2.52 bits per heavy atom. The molecule has 2 aromatic rings. The summed E-state index contributed by atoms with van der Waals surface area (Å²) >= 11 is 0. The van der Waals surface area contributed by atoms with Crippen molar-refractivity contribution in [1.29, 1.82) is 0 Å². The Balaban J connectivity index is 1.89. The smallest absolute Gasteiger partial charge is 0.311 e. The zero-order valence-electron chi connectivity index (χ0n) is 15.3. The number of para-hydroxylation sites is 1. The van der Waals surface area contributed by atoms with Crippen molar-refractivity contribution in [3.05, 3.63) is 63.7 Å². The standard InChI is InChI=1S/C19H21N3O5/c1-19(2,3)14-7-9-15(10-8-14)27-12-17(23)21-20-11-13-5-4-6-16(18(13)24)22(25)26/h4-11,24H,12H2,1-3H3,(H,21,23). The Bertz CT molecular complexity index is 855. The number of benzene rings is 2. The fraction of sp³-hybridized carbons (Fsp3) is 0.263. The van der Waals surface area contributed by atoms with Crippen LogP contribution in [0.1, 0.15) is 31.9 Å². The third kappa shape index (κ3) is 5.53. The number of aromatic hydroxyl groups is 1. The third-order valence-electron chi connectivity index (χ3n) is 3.73. The van der Waals surface area contributed by atoms with Crippen LogP contribution in [0.15, 0.2) is 47.6 Å². The highest BCUT2D eigenvalue weighted by Crippen LogP contribution is 2.28. The van der Waals surface area contributed by atoms with Crippen LogP contribution in [0.3, 0.4) is 0 Å². The van der Waals surface area contributed by atoms with Gasteiger partial charge in [-0.25, -0.2) is 5.43 Å². The molecule has 0 spiro atoms. The summed E-state index contributed by atoms with van der Waals surface area (Å²) in [5, 5.41) is 24.2. The number of nitro benzene ring substituents is 1. The molecule has 0 atom stereocenters. The highest BCUT2D eigenvalue weighted by atomic mass is 16.6. The fourth-order valence-corrected chi connectivity index (χ4v) is 2.21. The second-order valence-corrected chi connectivity index (χ2v) is 6.83. The highest BCUT2D eigenvalue weighted by molar-refractivity contribution is 5.87. The summed E-state index contributed by atoms with van der Waals surface area (Å²) in [6.07, 6.45) is 1.12. The molecule has 0 radical (unpaired) electrons. The maximum atomic E-state index is 11.8. The van der Waals surface area contributed by atoms with E-state index in [4.69, 9.17) is 4.74 Å². The number of phenols is 1. The van der Waals surface area contributed by atoms with Crippen molar-refractivity contribution in [3.8, 4) is 11.5 Å². The molecule has 0 aromatic heterocycles. The van der Waals surface area contributed by atoms with Gasteiger partial charge >= 0.3 is 5.69 Å². The molecule has 8 heteroatoms. The number of carbonyl (C=O) groups excluding carboxylic acids is 1. The largest absolute Gasteiger partial charge is 0.502 e. The van der Waals surface area contributed by atoms with E-state index in [-0.39, 0.29) is 17.6 Å². The number of phenolic OH excluding ortho intramolecular Hbond substituents is 1.